The average molecular weight is 195 g/mol. The minimum Gasteiger partial charge on any atom is -0.383 e. The molecule has 0 aromatic carbocycles. The van der Waals surface area contributed by atoms with Gasteiger partial charge in [0.05, 0.1) is 12.1 Å². The van der Waals surface area contributed by atoms with Crippen molar-refractivity contribution < 1.29 is 4.74 Å². The van der Waals surface area contributed by atoms with Crippen LogP contribution < -0.4 is 0 Å². The largest absolute Gasteiger partial charge is 0.383 e. The third-order valence-corrected chi connectivity index (χ3v) is 2.89. The van der Waals surface area contributed by atoms with Crippen molar-refractivity contribution in [3.8, 4) is 0 Å². The molecule has 14 heavy (non-hydrogen) atoms. The summed E-state index contributed by atoms with van der Waals surface area (Å²) in [5.74, 6) is 0. The molecule has 0 aromatic rings. The van der Waals surface area contributed by atoms with Crippen molar-refractivity contribution in [3.63, 3.8) is 0 Å². The zero-order chi connectivity index (χ0) is 10.8. The second-order valence-electron chi connectivity index (χ2n) is 4.57. The van der Waals surface area contributed by atoms with Crippen LogP contribution in [0.1, 0.15) is 19.8 Å². The van der Waals surface area contributed by atoms with Crippen LogP contribution in [-0.2, 0) is 4.74 Å². The number of likely N-dealkylation sites (tertiary alicyclic amines) is 1. The topological polar surface area (TPSA) is 12.5 Å². The first-order valence-electron chi connectivity index (χ1n) is 5.01. The molecule has 1 rings (SSSR count). The lowest BCUT2D eigenvalue weighted by Crippen LogP contribution is -2.45. The highest BCUT2D eigenvalue weighted by Gasteiger charge is 2.40. The van der Waals surface area contributed by atoms with Crippen molar-refractivity contribution in [3.05, 3.63) is 24.3 Å². The molecule has 0 saturated carbocycles. The van der Waals surface area contributed by atoms with Crippen LogP contribution in [0.15, 0.2) is 24.3 Å². The first-order chi connectivity index (χ1) is 6.50. The Bertz CT molecular complexity index is 247. The van der Waals surface area contributed by atoms with Gasteiger partial charge in [-0.15, -0.1) is 6.58 Å². The molecule has 0 amide bonds. The number of ether oxygens (including phenoxy) is 1. The predicted octanol–water partition coefficient (Wildman–Crippen LogP) is 2.23. The molecule has 80 valence electrons. The number of hydrogen-bond donors (Lipinski definition) is 0. The first kappa shape index (κ1) is 11.5. The average Bonchev–Trinajstić information content (AvgIpc) is 2.25. The molecule has 0 bridgehead atoms. The molecular weight excluding hydrogens is 174 g/mol. The fourth-order valence-corrected chi connectivity index (χ4v) is 2.40. The maximum absolute atomic E-state index is 5.32. The van der Waals surface area contributed by atoms with Gasteiger partial charge in [0.25, 0.3) is 0 Å². The molecule has 1 fully saturated rings. The molecule has 0 N–H and O–H groups in total. The van der Waals surface area contributed by atoms with E-state index < -0.39 is 0 Å². The van der Waals surface area contributed by atoms with Crippen LogP contribution in [0.3, 0.4) is 0 Å². The van der Waals surface area contributed by atoms with Crippen molar-refractivity contribution >= 4 is 0 Å². The summed E-state index contributed by atoms with van der Waals surface area (Å²) in [5.41, 5.74) is 2.62. The zero-order valence-corrected chi connectivity index (χ0v) is 9.60. The molecule has 1 aliphatic heterocycles. The van der Waals surface area contributed by atoms with E-state index >= 15 is 0 Å². The molecule has 2 heteroatoms. The number of hydrogen-bond acceptors (Lipinski definition) is 2. The molecule has 0 aliphatic carbocycles. The molecule has 1 heterocycles. The second-order valence-corrected chi connectivity index (χ2v) is 4.57. The highest BCUT2D eigenvalue weighted by Crippen LogP contribution is 2.35. The van der Waals surface area contributed by atoms with E-state index in [1.807, 2.05) is 0 Å². The molecular formula is C12H21NO. The summed E-state index contributed by atoms with van der Waals surface area (Å²) >= 11 is 0. The van der Waals surface area contributed by atoms with Crippen LogP contribution in [0.25, 0.3) is 0 Å². The van der Waals surface area contributed by atoms with E-state index in [4.69, 9.17) is 4.74 Å². The second kappa shape index (κ2) is 4.28. The number of nitrogens with zero attached hydrogens (tertiary/aromatic N) is 1. The quantitative estimate of drug-likeness (QED) is 0.638. The van der Waals surface area contributed by atoms with Gasteiger partial charge in [0.1, 0.15) is 0 Å². The fourth-order valence-electron chi connectivity index (χ4n) is 2.40. The van der Waals surface area contributed by atoms with E-state index in [2.05, 4.69) is 32.0 Å². The Labute approximate surface area is 87.2 Å². The van der Waals surface area contributed by atoms with E-state index in [9.17, 15) is 0 Å². The number of likely N-dealkylation sites (N-methyl/N-ethyl adjacent to an activating group) is 1. The molecule has 1 unspecified atom stereocenters. The third-order valence-electron chi connectivity index (χ3n) is 2.89. The van der Waals surface area contributed by atoms with Crippen molar-refractivity contribution in [2.45, 2.75) is 25.3 Å². The molecule has 2 nitrogen and oxygen atoms in total. The fraction of sp³-hybridized carbons (Fsp3) is 0.667. The van der Waals surface area contributed by atoms with Crippen LogP contribution in [0.2, 0.25) is 0 Å². The highest BCUT2D eigenvalue weighted by molar-refractivity contribution is 5.18. The molecule has 1 atom stereocenters. The van der Waals surface area contributed by atoms with Gasteiger partial charge in [-0.05, 0) is 26.8 Å². The Morgan fingerprint density at radius 1 is 1.64 bits per heavy atom. The Kier molecular flexibility index (Phi) is 3.51. The maximum Gasteiger partial charge on any atom is 0.0652 e. The monoisotopic (exact) mass is 195 g/mol. The summed E-state index contributed by atoms with van der Waals surface area (Å²) in [6.07, 6.45) is 2.03. The van der Waals surface area contributed by atoms with E-state index in [-0.39, 0.29) is 5.54 Å². The van der Waals surface area contributed by atoms with Gasteiger partial charge in [0.15, 0.2) is 0 Å². The SMILES string of the molecule is C=C(C)CC1(COC)CC(=C)CN1C. The van der Waals surface area contributed by atoms with E-state index in [1.165, 1.54) is 11.1 Å². The predicted molar refractivity (Wildman–Crippen MR) is 60.4 cm³/mol. The van der Waals surface area contributed by atoms with Crippen molar-refractivity contribution in [1.82, 2.24) is 4.90 Å². The van der Waals surface area contributed by atoms with Crippen LogP contribution in [-0.4, -0.2) is 37.7 Å². The van der Waals surface area contributed by atoms with Gasteiger partial charge in [0.2, 0.25) is 0 Å². The summed E-state index contributed by atoms with van der Waals surface area (Å²) in [5, 5.41) is 0. The van der Waals surface area contributed by atoms with Gasteiger partial charge in [0, 0.05) is 13.7 Å². The van der Waals surface area contributed by atoms with Crippen molar-refractivity contribution in [2.24, 2.45) is 0 Å². The van der Waals surface area contributed by atoms with Gasteiger partial charge in [-0.2, -0.15) is 0 Å². The minimum absolute atomic E-state index is 0.109. The van der Waals surface area contributed by atoms with Crippen LogP contribution in [0.4, 0.5) is 0 Å². The van der Waals surface area contributed by atoms with Gasteiger partial charge in [-0.3, -0.25) is 4.90 Å². The van der Waals surface area contributed by atoms with Crippen LogP contribution in [0, 0.1) is 0 Å². The first-order valence-corrected chi connectivity index (χ1v) is 5.01. The van der Waals surface area contributed by atoms with Gasteiger partial charge < -0.3 is 4.74 Å². The van der Waals surface area contributed by atoms with E-state index in [1.54, 1.807) is 7.11 Å². The van der Waals surface area contributed by atoms with E-state index in [0.29, 0.717) is 0 Å². The Hall–Kier alpha value is -0.600. The number of methoxy groups -OCH3 is 1. The third kappa shape index (κ3) is 2.25. The van der Waals surface area contributed by atoms with Crippen LogP contribution >= 0.6 is 0 Å². The Morgan fingerprint density at radius 3 is 2.64 bits per heavy atom. The lowest BCUT2D eigenvalue weighted by atomic mass is 9.89. The molecule has 0 radical (unpaired) electrons. The smallest absolute Gasteiger partial charge is 0.0652 e. The summed E-state index contributed by atoms with van der Waals surface area (Å²) in [7, 11) is 3.90. The summed E-state index contributed by atoms with van der Waals surface area (Å²) in [6.45, 7) is 11.9. The zero-order valence-electron chi connectivity index (χ0n) is 9.60. The van der Waals surface area contributed by atoms with Gasteiger partial charge in [-0.1, -0.05) is 17.7 Å². The van der Waals surface area contributed by atoms with Crippen molar-refractivity contribution in [1.29, 1.82) is 0 Å². The normalized spacial score (nSPS) is 28.4. The van der Waals surface area contributed by atoms with Crippen molar-refractivity contribution in [2.75, 3.05) is 27.3 Å². The highest BCUT2D eigenvalue weighted by atomic mass is 16.5. The molecule has 0 aromatic heterocycles. The number of rotatable bonds is 4. The summed E-state index contributed by atoms with van der Waals surface area (Å²) in [6, 6.07) is 0. The summed E-state index contributed by atoms with van der Waals surface area (Å²) in [4.78, 5) is 2.34. The maximum atomic E-state index is 5.32. The minimum atomic E-state index is 0.109. The lowest BCUT2D eigenvalue weighted by molar-refractivity contribution is 0.0532. The standard InChI is InChI=1S/C12H21NO/c1-10(2)6-12(9-14-5)7-11(3)8-13(12)4/h1,3,6-9H2,2,4-5H3. The van der Waals surface area contributed by atoms with Crippen LogP contribution in [0.5, 0.6) is 0 Å². The summed E-state index contributed by atoms with van der Waals surface area (Å²) < 4.78 is 5.32. The van der Waals surface area contributed by atoms with Gasteiger partial charge >= 0.3 is 0 Å². The van der Waals surface area contributed by atoms with E-state index in [0.717, 1.165) is 26.0 Å². The molecule has 1 aliphatic rings. The molecule has 0 spiro atoms. The Balaban J connectivity index is 2.80. The Morgan fingerprint density at radius 2 is 2.29 bits per heavy atom. The lowest BCUT2D eigenvalue weighted by Gasteiger charge is -2.35. The van der Waals surface area contributed by atoms with Gasteiger partial charge in [-0.25, -0.2) is 0 Å². The molecule has 1 saturated heterocycles.